The lowest BCUT2D eigenvalue weighted by atomic mass is 10.1. The van der Waals surface area contributed by atoms with Crippen LogP contribution in [0.4, 0.5) is 11.4 Å². The Morgan fingerprint density at radius 2 is 1.53 bits per heavy atom. The average Bonchev–Trinajstić information content (AvgIpc) is 2.88. The molecule has 0 bridgehead atoms. The number of rotatable bonds is 9. The molecule has 0 atom stereocenters. The molecule has 0 saturated carbocycles. The van der Waals surface area contributed by atoms with Crippen LogP contribution in [0.3, 0.4) is 0 Å². The average molecular weight is 513 g/mol. The summed E-state index contributed by atoms with van der Waals surface area (Å²) in [5.74, 6) is -0.856. The predicted molar refractivity (Wildman–Crippen MR) is 136 cm³/mol. The van der Waals surface area contributed by atoms with Crippen molar-refractivity contribution in [2.24, 2.45) is 0 Å². The van der Waals surface area contributed by atoms with Crippen molar-refractivity contribution < 1.29 is 32.2 Å². The molecule has 3 aromatic carbocycles. The molecule has 0 saturated heterocycles. The molecule has 0 radical (unpaired) electrons. The first-order chi connectivity index (χ1) is 17.1. The first-order valence-corrected chi connectivity index (χ1v) is 12.4. The van der Waals surface area contributed by atoms with Crippen LogP contribution in [0.1, 0.15) is 21.5 Å². The topological polar surface area (TPSA) is 111 Å². The molecule has 0 spiro atoms. The van der Waals surface area contributed by atoms with Crippen LogP contribution < -0.4 is 19.1 Å². The highest BCUT2D eigenvalue weighted by Crippen LogP contribution is 2.34. The van der Waals surface area contributed by atoms with Crippen LogP contribution in [0.15, 0.2) is 65.6 Å². The van der Waals surface area contributed by atoms with Crippen molar-refractivity contribution in [1.82, 2.24) is 0 Å². The lowest BCUT2D eigenvalue weighted by molar-refractivity contribution is -0.114. The lowest BCUT2D eigenvalue weighted by Crippen LogP contribution is -2.38. The molecular weight excluding hydrogens is 484 g/mol. The van der Waals surface area contributed by atoms with Crippen LogP contribution in [0, 0.1) is 13.8 Å². The summed E-state index contributed by atoms with van der Waals surface area (Å²) in [4.78, 5) is 25.7. The molecule has 1 amide bonds. The second-order valence-corrected chi connectivity index (χ2v) is 9.77. The van der Waals surface area contributed by atoms with Gasteiger partial charge in [0.25, 0.3) is 10.0 Å². The number of amides is 1. The van der Waals surface area contributed by atoms with Gasteiger partial charge in [-0.1, -0.05) is 30.3 Å². The van der Waals surface area contributed by atoms with Crippen molar-refractivity contribution in [2.75, 3.05) is 37.5 Å². The molecule has 3 rings (SSSR count). The van der Waals surface area contributed by atoms with Crippen LogP contribution in [0.2, 0.25) is 0 Å². The van der Waals surface area contributed by atoms with Gasteiger partial charge in [0.15, 0.2) is 11.5 Å². The van der Waals surface area contributed by atoms with Gasteiger partial charge in [0.2, 0.25) is 5.91 Å². The molecule has 190 valence electrons. The van der Waals surface area contributed by atoms with E-state index in [1.165, 1.54) is 45.6 Å². The minimum atomic E-state index is -4.10. The first kappa shape index (κ1) is 26.6. The van der Waals surface area contributed by atoms with Gasteiger partial charge in [-0.15, -0.1) is 0 Å². The summed E-state index contributed by atoms with van der Waals surface area (Å²) in [5, 5.41) is 2.63. The van der Waals surface area contributed by atoms with Gasteiger partial charge in [-0.3, -0.25) is 9.10 Å². The fourth-order valence-corrected chi connectivity index (χ4v) is 5.09. The third-order valence-electron chi connectivity index (χ3n) is 5.45. The zero-order chi connectivity index (χ0) is 26.5. The molecule has 9 nitrogen and oxygen atoms in total. The van der Waals surface area contributed by atoms with Crippen LogP contribution in [-0.2, 0) is 19.6 Å². The summed E-state index contributed by atoms with van der Waals surface area (Å²) in [6.07, 6.45) is 0. The van der Waals surface area contributed by atoms with Crippen molar-refractivity contribution in [1.29, 1.82) is 0 Å². The first-order valence-electron chi connectivity index (χ1n) is 10.9. The predicted octanol–water partition coefficient (Wildman–Crippen LogP) is 3.94. The minimum absolute atomic E-state index is 0.0210. The number of esters is 1. The lowest BCUT2D eigenvalue weighted by Gasteiger charge is -2.26. The van der Waals surface area contributed by atoms with E-state index >= 15 is 0 Å². The molecule has 0 unspecified atom stereocenters. The Bertz CT molecular complexity index is 1370. The van der Waals surface area contributed by atoms with E-state index in [1.54, 1.807) is 37.3 Å². The zero-order valence-electron chi connectivity index (χ0n) is 20.7. The molecule has 0 fully saturated rings. The number of ether oxygens (including phenoxy) is 3. The summed E-state index contributed by atoms with van der Waals surface area (Å²) >= 11 is 0. The summed E-state index contributed by atoms with van der Waals surface area (Å²) in [6, 6.07) is 16.0. The number of methoxy groups -OCH3 is 3. The van der Waals surface area contributed by atoms with Gasteiger partial charge in [0.1, 0.15) is 6.54 Å². The van der Waals surface area contributed by atoms with Crippen molar-refractivity contribution in [3.8, 4) is 11.5 Å². The highest BCUT2D eigenvalue weighted by atomic mass is 32.2. The SMILES string of the molecule is COC(=O)c1cc(OC)c(OC)cc1NC(=O)CN(c1cc(C)ccc1C)S(=O)(=O)c1ccccc1. The van der Waals surface area contributed by atoms with E-state index in [0.717, 1.165) is 9.87 Å². The number of hydrogen-bond acceptors (Lipinski definition) is 7. The van der Waals surface area contributed by atoms with Crippen LogP contribution in [-0.4, -0.2) is 48.2 Å². The Kier molecular flexibility index (Phi) is 8.21. The van der Waals surface area contributed by atoms with E-state index in [0.29, 0.717) is 11.3 Å². The number of aryl methyl sites for hydroxylation is 2. The highest BCUT2D eigenvalue weighted by molar-refractivity contribution is 7.92. The van der Waals surface area contributed by atoms with Crippen molar-refractivity contribution in [2.45, 2.75) is 18.7 Å². The van der Waals surface area contributed by atoms with Crippen molar-refractivity contribution in [3.63, 3.8) is 0 Å². The Hall–Kier alpha value is -4.05. The second kappa shape index (κ2) is 11.1. The Morgan fingerprint density at radius 1 is 0.889 bits per heavy atom. The number of nitrogens with zero attached hydrogens (tertiary/aromatic N) is 1. The smallest absolute Gasteiger partial charge is 0.340 e. The van der Waals surface area contributed by atoms with E-state index in [-0.39, 0.29) is 27.6 Å². The van der Waals surface area contributed by atoms with Crippen LogP contribution in [0.5, 0.6) is 11.5 Å². The zero-order valence-corrected chi connectivity index (χ0v) is 21.5. The second-order valence-electron chi connectivity index (χ2n) is 7.91. The van der Waals surface area contributed by atoms with E-state index < -0.39 is 28.4 Å². The largest absolute Gasteiger partial charge is 0.493 e. The molecule has 36 heavy (non-hydrogen) atoms. The highest BCUT2D eigenvalue weighted by Gasteiger charge is 2.29. The third-order valence-corrected chi connectivity index (χ3v) is 7.23. The minimum Gasteiger partial charge on any atom is -0.493 e. The number of hydrogen-bond donors (Lipinski definition) is 1. The Labute approximate surface area is 210 Å². The fourth-order valence-electron chi connectivity index (χ4n) is 3.59. The molecule has 10 heteroatoms. The standard InChI is InChI=1S/C26H28N2O7S/c1-17-11-12-18(2)22(13-17)28(36(31,32)19-9-7-6-8-10-19)16-25(29)27-21-15-24(34-4)23(33-3)14-20(21)26(30)35-5/h6-15H,16H2,1-5H3,(H,27,29). The van der Waals surface area contributed by atoms with Gasteiger partial charge >= 0.3 is 5.97 Å². The quantitative estimate of drug-likeness (QED) is 0.432. The van der Waals surface area contributed by atoms with Gasteiger partial charge < -0.3 is 19.5 Å². The normalized spacial score (nSPS) is 10.9. The fraction of sp³-hybridized carbons (Fsp3) is 0.231. The van der Waals surface area contributed by atoms with E-state index in [9.17, 15) is 18.0 Å². The monoisotopic (exact) mass is 512 g/mol. The van der Waals surface area contributed by atoms with Crippen LogP contribution in [0.25, 0.3) is 0 Å². The molecule has 3 aromatic rings. The summed E-state index contributed by atoms with van der Waals surface area (Å²) in [7, 11) is -0.0685. The third kappa shape index (κ3) is 5.60. The Morgan fingerprint density at radius 3 is 2.14 bits per heavy atom. The van der Waals surface area contributed by atoms with Gasteiger partial charge in [-0.2, -0.15) is 0 Å². The number of carbonyl (C=O) groups excluding carboxylic acids is 2. The molecule has 0 aromatic heterocycles. The van der Waals surface area contributed by atoms with E-state index in [4.69, 9.17) is 14.2 Å². The molecule has 0 aliphatic heterocycles. The summed E-state index contributed by atoms with van der Waals surface area (Å²) < 4.78 is 43.7. The van der Waals surface area contributed by atoms with Gasteiger partial charge in [-0.05, 0) is 43.2 Å². The number of benzene rings is 3. The Balaban J connectivity index is 2.05. The molecule has 0 aliphatic carbocycles. The molecular formula is C26H28N2O7S. The maximum absolute atomic E-state index is 13.6. The summed E-state index contributed by atoms with van der Waals surface area (Å²) in [6.45, 7) is 3.06. The van der Waals surface area contributed by atoms with E-state index in [2.05, 4.69) is 5.32 Å². The van der Waals surface area contributed by atoms with Gasteiger partial charge in [0.05, 0.1) is 43.2 Å². The maximum atomic E-state index is 13.6. The summed E-state index contributed by atoms with van der Waals surface area (Å²) in [5.41, 5.74) is 1.98. The molecule has 1 N–H and O–H groups in total. The molecule has 0 aliphatic rings. The maximum Gasteiger partial charge on any atom is 0.340 e. The number of sulfonamides is 1. The number of carbonyl (C=O) groups is 2. The van der Waals surface area contributed by atoms with Gasteiger partial charge in [0, 0.05) is 12.1 Å². The van der Waals surface area contributed by atoms with Crippen LogP contribution >= 0.6 is 0 Å². The van der Waals surface area contributed by atoms with E-state index in [1.807, 2.05) is 13.0 Å². The number of anilines is 2. The number of nitrogens with one attached hydrogen (secondary N) is 1. The van der Waals surface area contributed by atoms with Gasteiger partial charge in [-0.25, -0.2) is 13.2 Å². The van der Waals surface area contributed by atoms with Crippen molar-refractivity contribution >= 4 is 33.3 Å². The van der Waals surface area contributed by atoms with Crippen molar-refractivity contribution in [3.05, 3.63) is 77.4 Å². The molecule has 0 heterocycles.